The molecule has 0 saturated heterocycles. The van der Waals surface area contributed by atoms with Crippen molar-refractivity contribution in [1.82, 2.24) is 0 Å². The second-order valence-electron chi connectivity index (χ2n) is 5.03. The van der Waals surface area contributed by atoms with Gasteiger partial charge in [0.15, 0.2) is 0 Å². The first-order chi connectivity index (χ1) is 13.6. The smallest absolute Gasteiger partial charge is 0.319 e. The minimum absolute atomic E-state index is 0.183. The van der Waals surface area contributed by atoms with Crippen LogP contribution in [0.3, 0.4) is 0 Å². The van der Waals surface area contributed by atoms with Gasteiger partial charge in [0.2, 0.25) is 0 Å². The van der Waals surface area contributed by atoms with E-state index in [2.05, 4.69) is 76.3 Å². The molecule has 0 saturated carbocycles. The predicted molar refractivity (Wildman–Crippen MR) is 148 cm³/mol. The molecule has 0 aliphatic rings. The number of unbranched alkanes of at least 4 members (excludes halogenated alkanes) is 2. The van der Waals surface area contributed by atoms with Crippen molar-refractivity contribution in [3.63, 3.8) is 0 Å². The summed E-state index contributed by atoms with van der Waals surface area (Å²) in [6.07, 6.45) is 4.86. The molecule has 0 N–H and O–H groups in total. The number of thioether (sulfide) groups is 2. The minimum atomic E-state index is -0.236. The van der Waals surface area contributed by atoms with E-state index in [-0.39, 0.29) is 22.0 Å². The molecule has 4 nitrogen and oxygen atoms in total. The Morgan fingerprint density at radius 3 is 1.76 bits per heavy atom. The van der Waals surface area contributed by atoms with Crippen molar-refractivity contribution in [3.8, 4) is 0 Å². The molecular weight excluding hydrogens is 553 g/mol. The van der Waals surface area contributed by atoms with Crippen LogP contribution in [0.5, 0.6) is 0 Å². The van der Waals surface area contributed by atoms with E-state index in [4.69, 9.17) is 12.2 Å². The molecule has 0 aromatic rings. The lowest BCUT2D eigenvalue weighted by atomic mass is 10.4. The quantitative estimate of drug-likeness (QED) is 0.109. The van der Waals surface area contributed by atoms with Gasteiger partial charge in [0.05, 0.1) is 14.2 Å². The fraction of sp³-hybridized carbons (Fsp3) is 0.778. The van der Waals surface area contributed by atoms with Crippen LogP contribution in [0.25, 0.3) is 0 Å². The maximum atomic E-state index is 11.1. The molecule has 11 heteroatoms. The van der Waals surface area contributed by atoms with E-state index < -0.39 is 0 Å². The number of hydrogen-bond acceptors (Lipinski definition) is 10. The van der Waals surface area contributed by atoms with Gasteiger partial charge in [-0.25, -0.2) is 0 Å². The summed E-state index contributed by atoms with van der Waals surface area (Å²) in [5.41, 5.74) is 0. The van der Waals surface area contributed by atoms with E-state index in [0.717, 1.165) is 21.5 Å². The van der Waals surface area contributed by atoms with Crippen LogP contribution in [0.4, 0.5) is 0 Å². The molecule has 0 radical (unpaired) electrons. The fourth-order valence-electron chi connectivity index (χ4n) is 1.01. The number of methoxy groups -OCH3 is 2. The molecular formula is C18H33BrO4S6. The van der Waals surface area contributed by atoms with Gasteiger partial charge in [0.1, 0.15) is 13.6 Å². The van der Waals surface area contributed by atoms with Crippen molar-refractivity contribution in [2.24, 2.45) is 0 Å². The Balaban J connectivity index is -0.000000173. The van der Waals surface area contributed by atoms with Gasteiger partial charge >= 0.3 is 11.9 Å². The van der Waals surface area contributed by atoms with Gasteiger partial charge in [0.25, 0.3) is 0 Å². The number of rotatable bonds is 8. The molecule has 2 unspecified atom stereocenters. The monoisotopic (exact) mass is 584 g/mol. The average molecular weight is 586 g/mol. The Hall–Kier alpha value is 0.780. The Bertz CT molecular complexity index is 442. The van der Waals surface area contributed by atoms with E-state index in [0.29, 0.717) is 0 Å². The average Bonchev–Trinajstić information content (AvgIpc) is 2.68. The van der Waals surface area contributed by atoms with E-state index in [9.17, 15) is 9.59 Å². The molecule has 0 aromatic heterocycles. The molecule has 0 aliphatic heterocycles. The van der Waals surface area contributed by atoms with Crippen molar-refractivity contribution < 1.29 is 19.1 Å². The highest BCUT2D eigenvalue weighted by Gasteiger charge is 2.15. The van der Waals surface area contributed by atoms with Crippen LogP contribution in [0, 0.1) is 0 Å². The summed E-state index contributed by atoms with van der Waals surface area (Å²) in [6, 6.07) is 0. The van der Waals surface area contributed by atoms with Crippen LogP contribution < -0.4 is 0 Å². The van der Waals surface area contributed by atoms with Gasteiger partial charge in [-0.1, -0.05) is 66.6 Å². The SMILES string of the molecule is CCCCS.CCCCSC(=S)SC(C)C(=O)OC.COC(=O)C(C)Br.S=C=S. The molecule has 172 valence electrons. The number of esters is 2. The highest BCUT2D eigenvalue weighted by molar-refractivity contribution is 9.10. The van der Waals surface area contributed by atoms with Gasteiger partial charge in [-0.3, -0.25) is 9.59 Å². The summed E-state index contributed by atoms with van der Waals surface area (Å²) < 4.78 is 11.7. The number of carbonyl (C=O) groups excluding carboxylic acids is 2. The summed E-state index contributed by atoms with van der Waals surface area (Å²) in [5, 5.41) is -0.193. The maximum Gasteiger partial charge on any atom is 0.319 e. The largest absolute Gasteiger partial charge is 0.468 e. The highest BCUT2D eigenvalue weighted by atomic mass is 79.9. The van der Waals surface area contributed by atoms with Gasteiger partial charge in [-0.2, -0.15) is 12.6 Å². The number of alkyl halides is 1. The number of hydrogen-bond donors (Lipinski definition) is 1. The van der Waals surface area contributed by atoms with Crippen LogP contribution in [0.1, 0.15) is 53.4 Å². The normalized spacial score (nSPS) is 10.8. The third kappa shape index (κ3) is 36.5. The Kier molecular flexibility index (Phi) is 39.6. The van der Waals surface area contributed by atoms with Gasteiger partial charge in [-0.15, -0.1) is 11.8 Å². The first kappa shape index (κ1) is 37.1. The Morgan fingerprint density at radius 1 is 1.07 bits per heavy atom. The zero-order valence-corrected chi connectivity index (χ0v) is 24.5. The molecule has 0 aromatic carbocycles. The van der Waals surface area contributed by atoms with Crippen LogP contribution in [0.15, 0.2) is 0 Å². The summed E-state index contributed by atoms with van der Waals surface area (Å²) >= 11 is 23.1. The summed E-state index contributed by atoms with van der Waals surface area (Å²) in [5.74, 6) is 1.63. The molecule has 0 heterocycles. The van der Waals surface area contributed by atoms with Crippen LogP contribution in [-0.4, -0.2) is 55.6 Å². The van der Waals surface area contributed by atoms with Crippen LogP contribution in [0.2, 0.25) is 0 Å². The first-order valence-corrected chi connectivity index (χ1v) is 13.5. The number of carbonyl (C=O) groups is 2. The molecule has 0 spiro atoms. The molecule has 0 amide bonds. The van der Waals surface area contributed by atoms with E-state index in [1.54, 1.807) is 18.7 Å². The first-order valence-electron chi connectivity index (χ1n) is 8.86. The third-order valence-corrected chi connectivity index (χ3v) is 6.00. The minimum Gasteiger partial charge on any atom is -0.468 e. The van der Waals surface area contributed by atoms with Crippen molar-refractivity contribution >= 4 is 109 Å². The molecule has 0 rings (SSSR count). The number of ether oxygens (including phenoxy) is 2. The van der Waals surface area contributed by atoms with Gasteiger partial charge in [-0.05, 0) is 62.6 Å². The summed E-state index contributed by atoms with van der Waals surface area (Å²) in [7, 11) is 2.76. The molecule has 2 atom stereocenters. The lowest BCUT2D eigenvalue weighted by Gasteiger charge is -2.08. The summed E-state index contributed by atoms with van der Waals surface area (Å²) in [6.45, 7) is 7.83. The Morgan fingerprint density at radius 2 is 1.52 bits per heavy atom. The lowest BCUT2D eigenvalue weighted by Crippen LogP contribution is -2.15. The molecule has 0 aliphatic carbocycles. The van der Waals surface area contributed by atoms with Crippen LogP contribution >= 0.6 is 88.7 Å². The third-order valence-electron chi connectivity index (χ3n) is 2.56. The summed E-state index contributed by atoms with van der Waals surface area (Å²) in [4.78, 5) is 21.1. The van der Waals surface area contributed by atoms with Crippen molar-refractivity contribution in [2.45, 2.75) is 63.5 Å². The number of thiol groups is 1. The molecule has 0 bridgehead atoms. The van der Waals surface area contributed by atoms with Gasteiger partial charge < -0.3 is 9.47 Å². The fourth-order valence-corrected chi connectivity index (χ4v) is 4.23. The zero-order valence-electron chi connectivity index (χ0n) is 17.9. The van der Waals surface area contributed by atoms with E-state index in [1.165, 1.54) is 45.2 Å². The predicted octanol–water partition coefficient (Wildman–Crippen LogP) is 6.78. The lowest BCUT2D eigenvalue weighted by molar-refractivity contribution is -0.140. The van der Waals surface area contributed by atoms with Gasteiger partial charge in [0, 0.05) is 4.31 Å². The molecule has 29 heavy (non-hydrogen) atoms. The maximum absolute atomic E-state index is 11.1. The topological polar surface area (TPSA) is 52.6 Å². The highest BCUT2D eigenvalue weighted by Crippen LogP contribution is 2.23. The van der Waals surface area contributed by atoms with E-state index in [1.807, 2.05) is 11.2 Å². The molecule has 0 fully saturated rings. The van der Waals surface area contributed by atoms with E-state index >= 15 is 0 Å². The van der Waals surface area contributed by atoms with Crippen LogP contribution in [-0.2, 0) is 19.1 Å². The van der Waals surface area contributed by atoms with Crippen molar-refractivity contribution in [3.05, 3.63) is 0 Å². The van der Waals surface area contributed by atoms with Crippen molar-refractivity contribution in [2.75, 3.05) is 25.7 Å². The number of thiocarbonyl (C=S) groups is 3. The number of halogens is 1. The van der Waals surface area contributed by atoms with Crippen molar-refractivity contribution in [1.29, 1.82) is 0 Å². The second kappa shape index (κ2) is 31.0. The Labute approximate surface area is 215 Å². The zero-order chi connectivity index (χ0) is 23.7. The standard InChI is InChI=1S/C9H16O2S3.C4H7BrO2.C4H10S.CS2/c1-4-5-6-13-9(12)14-7(2)8(10)11-3;1-3(5)4(6)7-2;1-2-3-4-5;2-1-3/h7H,4-6H2,1-3H3;3H,1-2H3;5H,2-4H2,1H3;. The second-order valence-corrected chi connectivity index (χ2v) is 11.2.